The standard InChI is InChI=1S/C13H9F3OS/c14-9-3-8(7-17)4-11(5-9)18-10-1-2-12(15)13(16)6-10/h1-6,17H,7H2. The highest BCUT2D eigenvalue weighted by Crippen LogP contribution is 2.30. The molecule has 2 aromatic carbocycles. The smallest absolute Gasteiger partial charge is 0.159 e. The van der Waals surface area contributed by atoms with Gasteiger partial charge in [0.25, 0.3) is 0 Å². The zero-order chi connectivity index (χ0) is 13.1. The maximum absolute atomic E-state index is 13.2. The summed E-state index contributed by atoms with van der Waals surface area (Å²) in [5.41, 5.74) is 0.431. The predicted molar refractivity (Wildman–Crippen MR) is 62.8 cm³/mol. The van der Waals surface area contributed by atoms with Crippen molar-refractivity contribution in [3.8, 4) is 0 Å². The van der Waals surface area contributed by atoms with Crippen LogP contribution in [0.25, 0.3) is 0 Å². The van der Waals surface area contributed by atoms with Gasteiger partial charge in [-0.25, -0.2) is 13.2 Å². The summed E-state index contributed by atoms with van der Waals surface area (Å²) in [6.07, 6.45) is 0. The van der Waals surface area contributed by atoms with E-state index >= 15 is 0 Å². The van der Waals surface area contributed by atoms with Crippen molar-refractivity contribution < 1.29 is 18.3 Å². The molecule has 0 amide bonds. The van der Waals surface area contributed by atoms with E-state index in [4.69, 9.17) is 5.11 Å². The average Bonchev–Trinajstić information content (AvgIpc) is 2.33. The second kappa shape index (κ2) is 5.46. The summed E-state index contributed by atoms with van der Waals surface area (Å²) in [7, 11) is 0. The molecule has 0 aliphatic heterocycles. The van der Waals surface area contributed by atoms with Crippen LogP contribution in [0.3, 0.4) is 0 Å². The molecule has 0 saturated carbocycles. The van der Waals surface area contributed by atoms with E-state index in [9.17, 15) is 13.2 Å². The first-order valence-electron chi connectivity index (χ1n) is 5.12. The maximum atomic E-state index is 13.2. The van der Waals surface area contributed by atoms with E-state index in [2.05, 4.69) is 0 Å². The van der Waals surface area contributed by atoms with E-state index in [0.29, 0.717) is 15.4 Å². The first kappa shape index (κ1) is 13.0. The first-order valence-corrected chi connectivity index (χ1v) is 5.93. The molecule has 1 N–H and O–H groups in total. The van der Waals surface area contributed by atoms with Crippen LogP contribution in [0.5, 0.6) is 0 Å². The number of aliphatic hydroxyl groups excluding tert-OH is 1. The zero-order valence-corrected chi connectivity index (χ0v) is 9.98. The molecule has 0 radical (unpaired) electrons. The fourth-order valence-corrected chi connectivity index (χ4v) is 2.40. The van der Waals surface area contributed by atoms with Crippen LogP contribution >= 0.6 is 11.8 Å². The number of benzene rings is 2. The molecular weight excluding hydrogens is 261 g/mol. The number of hydrogen-bond acceptors (Lipinski definition) is 2. The zero-order valence-electron chi connectivity index (χ0n) is 9.16. The summed E-state index contributed by atoms with van der Waals surface area (Å²) in [6.45, 7) is -0.275. The molecule has 0 spiro atoms. The summed E-state index contributed by atoms with van der Waals surface area (Å²) in [6, 6.07) is 7.55. The molecule has 0 heterocycles. The molecule has 2 aromatic rings. The molecular formula is C13H9F3OS. The minimum Gasteiger partial charge on any atom is -0.392 e. The fraction of sp³-hybridized carbons (Fsp3) is 0.0769. The van der Waals surface area contributed by atoms with Crippen LogP contribution in [0.15, 0.2) is 46.2 Å². The lowest BCUT2D eigenvalue weighted by atomic mass is 10.2. The van der Waals surface area contributed by atoms with Gasteiger partial charge in [0.2, 0.25) is 0 Å². The molecule has 5 heteroatoms. The highest BCUT2D eigenvalue weighted by molar-refractivity contribution is 7.99. The van der Waals surface area contributed by atoms with Crippen molar-refractivity contribution in [3.63, 3.8) is 0 Å². The highest BCUT2D eigenvalue weighted by Gasteiger charge is 2.06. The number of rotatable bonds is 3. The molecule has 0 atom stereocenters. The monoisotopic (exact) mass is 270 g/mol. The van der Waals surface area contributed by atoms with E-state index in [1.807, 2.05) is 0 Å². The van der Waals surface area contributed by atoms with Gasteiger partial charge < -0.3 is 5.11 Å². The fourth-order valence-electron chi connectivity index (χ4n) is 1.45. The summed E-state index contributed by atoms with van der Waals surface area (Å²) in [5.74, 6) is -2.35. The van der Waals surface area contributed by atoms with Gasteiger partial charge in [0.15, 0.2) is 11.6 Å². The highest BCUT2D eigenvalue weighted by atomic mass is 32.2. The van der Waals surface area contributed by atoms with E-state index in [1.54, 1.807) is 6.07 Å². The molecule has 18 heavy (non-hydrogen) atoms. The van der Waals surface area contributed by atoms with E-state index in [-0.39, 0.29) is 6.61 Å². The Balaban J connectivity index is 2.27. The summed E-state index contributed by atoms with van der Waals surface area (Å²) in [5, 5.41) is 8.95. The van der Waals surface area contributed by atoms with Gasteiger partial charge in [-0.15, -0.1) is 0 Å². The van der Waals surface area contributed by atoms with E-state index in [0.717, 1.165) is 23.9 Å². The average molecular weight is 270 g/mol. The molecule has 0 unspecified atom stereocenters. The second-order valence-corrected chi connectivity index (χ2v) is 4.78. The second-order valence-electron chi connectivity index (χ2n) is 3.63. The molecule has 0 aliphatic carbocycles. The van der Waals surface area contributed by atoms with Crippen molar-refractivity contribution in [2.75, 3.05) is 0 Å². The van der Waals surface area contributed by atoms with Crippen LogP contribution in [-0.2, 0) is 6.61 Å². The van der Waals surface area contributed by atoms with Crippen LogP contribution in [0.4, 0.5) is 13.2 Å². The van der Waals surface area contributed by atoms with E-state index in [1.165, 1.54) is 18.2 Å². The number of halogens is 3. The Morgan fingerprint density at radius 3 is 2.33 bits per heavy atom. The maximum Gasteiger partial charge on any atom is 0.159 e. The van der Waals surface area contributed by atoms with Crippen LogP contribution in [0.2, 0.25) is 0 Å². The van der Waals surface area contributed by atoms with Crippen molar-refractivity contribution in [1.82, 2.24) is 0 Å². The molecule has 0 aromatic heterocycles. The Bertz CT molecular complexity index is 572. The molecule has 2 rings (SSSR count). The quantitative estimate of drug-likeness (QED) is 0.916. The van der Waals surface area contributed by atoms with Crippen molar-refractivity contribution in [3.05, 3.63) is 59.4 Å². The predicted octanol–water partition coefficient (Wildman–Crippen LogP) is 3.75. The van der Waals surface area contributed by atoms with E-state index < -0.39 is 17.5 Å². The van der Waals surface area contributed by atoms with Gasteiger partial charge in [-0.2, -0.15) is 0 Å². The summed E-state index contributed by atoms with van der Waals surface area (Å²) in [4.78, 5) is 0.980. The Hall–Kier alpha value is -1.46. The largest absolute Gasteiger partial charge is 0.392 e. The molecule has 94 valence electrons. The lowest BCUT2D eigenvalue weighted by Crippen LogP contribution is -1.87. The Kier molecular flexibility index (Phi) is 3.93. The van der Waals surface area contributed by atoms with Crippen LogP contribution in [0, 0.1) is 17.5 Å². The van der Waals surface area contributed by atoms with Crippen LogP contribution in [-0.4, -0.2) is 5.11 Å². The molecule has 1 nitrogen and oxygen atoms in total. The Morgan fingerprint density at radius 1 is 0.889 bits per heavy atom. The van der Waals surface area contributed by atoms with Gasteiger partial charge in [-0.3, -0.25) is 0 Å². The third-order valence-corrected chi connectivity index (χ3v) is 3.20. The lowest BCUT2D eigenvalue weighted by Gasteiger charge is -2.05. The topological polar surface area (TPSA) is 20.2 Å². The molecule has 0 aliphatic rings. The molecule has 0 saturated heterocycles. The van der Waals surface area contributed by atoms with Gasteiger partial charge in [0.05, 0.1) is 6.61 Å². The SMILES string of the molecule is OCc1cc(F)cc(Sc2ccc(F)c(F)c2)c1. The number of aliphatic hydroxyl groups is 1. The Labute approximate surface area is 106 Å². The van der Waals surface area contributed by atoms with Crippen LogP contribution < -0.4 is 0 Å². The van der Waals surface area contributed by atoms with Gasteiger partial charge in [-0.1, -0.05) is 11.8 Å². The Morgan fingerprint density at radius 2 is 1.67 bits per heavy atom. The van der Waals surface area contributed by atoms with Crippen molar-refractivity contribution in [2.45, 2.75) is 16.4 Å². The summed E-state index contributed by atoms with van der Waals surface area (Å²) >= 11 is 1.10. The summed E-state index contributed by atoms with van der Waals surface area (Å²) < 4.78 is 38.9. The third-order valence-electron chi connectivity index (χ3n) is 2.24. The minimum atomic E-state index is -0.946. The third kappa shape index (κ3) is 3.05. The molecule has 0 fully saturated rings. The minimum absolute atomic E-state index is 0.275. The van der Waals surface area contributed by atoms with Crippen molar-refractivity contribution in [1.29, 1.82) is 0 Å². The van der Waals surface area contributed by atoms with Crippen molar-refractivity contribution >= 4 is 11.8 Å². The van der Waals surface area contributed by atoms with Gasteiger partial charge >= 0.3 is 0 Å². The normalized spacial score (nSPS) is 10.7. The van der Waals surface area contributed by atoms with Gasteiger partial charge in [-0.05, 0) is 42.0 Å². The van der Waals surface area contributed by atoms with Gasteiger partial charge in [0, 0.05) is 9.79 Å². The first-order chi connectivity index (χ1) is 8.58. The molecule has 0 bridgehead atoms. The van der Waals surface area contributed by atoms with Crippen LogP contribution in [0.1, 0.15) is 5.56 Å². The number of hydrogen-bond donors (Lipinski definition) is 1. The lowest BCUT2D eigenvalue weighted by molar-refractivity contribution is 0.281. The van der Waals surface area contributed by atoms with Crippen molar-refractivity contribution in [2.24, 2.45) is 0 Å². The van der Waals surface area contributed by atoms with Gasteiger partial charge in [0.1, 0.15) is 5.82 Å².